The van der Waals surface area contributed by atoms with E-state index in [-0.39, 0.29) is 18.3 Å². The number of hydrogen-bond donors (Lipinski definition) is 5. The maximum absolute atomic E-state index is 11.1. The average Bonchev–Trinajstić information content (AvgIpc) is 2.62. The Labute approximate surface area is 146 Å². The molecule has 0 aliphatic rings. The normalized spacial score (nSPS) is 9.46. The van der Waals surface area contributed by atoms with Gasteiger partial charge in [-0.1, -0.05) is 25.1 Å². The van der Waals surface area contributed by atoms with Gasteiger partial charge in [-0.3, -0.25) is 10.2 Å². The summed E-state index contributed by atoms with van der Waals surface area (Å²) in [4.78, 5) is 15.2. The minimum Gasteiger partial charge on any atom is -0.382 e. The highest BCUT2D eigenvalue weighted by Crippen LogP contribution is 2.19. The summed E-state index contributed by atoms with van der Waals surface area (Å²) in [5, 5.41) is 2.53. The van der Waals surface area contributed by atoms with Crippen molar-refractivity contribution in [1.29, 1.82) is 0 Å². The number of anilines is 4. The molecule has 1 aromatic heterocycles. The number of thioether (sulfide) groups is 1. The molecule has 0 fully saturated rings. The first kappa shape index (κ1) is 19.6. The minimum atomic E-state index is -0.319. The Kier molecular flexibility index (Phi) is 9.10. The molecular formula is C16H24N6OS. The molecule has 8 heteroatoms. The number of nitrogens with one attached hydrogen (secondary N) is 3. The van der Waals surface area contributed by atoms with Gasteiger partial charge in [0, 0.05) is 0 Å². The third kappa shape index (κ3) is 7.21. The van der Waals surface area contributed by atoms with Gasteiger partial charge >= 0.3 is 0 Å². The van der Waals surface area contributed by atoms with E-state index < -0.39 is 0 Å². The van der Waals surface area contributed by atoms with Crippen LogP contribution in [-0.4, -0.2) is 29.4 Å². The number of benzene rings is 1. The van der Waals surface area contributed by atoms with Gasteiger partial charge in [0.25, 0.3) is 0 Å². The van der Waals surface area contributed by atoms with Crippen molar-refractivity contribution >= 4 is 40.7 Å². The van der Waals surface area contributed by atoms with E-state index in [1.807, 2.05) is 42.1 Å². The summed E-state index contributed by atoms with van der Waals surface area (Å²) in [6.07, 6.45) is 2.10. The second-order valence-corrected chi connectivity index (χ2v) is 5.73. The summed E-state index contributed by atoms with van der Waals surface area (Å²) in [6, 6.07) is 12.9. The van der Waals surface area contributed by atoms with E-state index in [2.05, 4.69) is 34.3 Å². The number of nitrogen functional groups attached to an aromatic ring is 1. The van der Waals surface area contributed by atoms with Crippen molar-refractivity contribution in [3.63, 3.8) is 0 Å². The van der Waals surface area contributed by atoms with E-state index in [1.165, 1.54) is 5.75 Å². The SMILES string of the molecule is CCSC.NCC(=O)Nc1ccc(NNc2ccccc2)c(N)n1. The molecule has 0 atom stereocenters. The molecule has 0 radical (unpaired) electrons. The Morgan fingerprint density at radius 3 is 2.38 bits per heavy atom. The molecule has 0 bridgehead atoms. The molecule has 2 aromatic rings. The summed E-state index contributed by atoms with van der Waals surface area (Å²) in [6.45, 7) is 2.04. The second kappa shape index (κ2) is 11.1. The number of rotatable bonds is 6. The average molecular weight is 348 g/mol. The van der Waals surface area contributed by atoms with Crippen molar-refractivity contribution in [2.24, 2.45) is 5.73 Å². The van der Waals surface area contributed by atoms with Crippen LogP contribution in [-0.2, 0) is 4.79 Å². The van der Waals surface area contributed by atoms with Crippen molar-refractivity contribution in [3.8, 4) is 0 Å². The Morgan fingerprint density at radius 1 is 1.17 bits per heavy atom. The third-order valence-electron chi connectivity index (χ3n) is 2.78. The van der Waals surface area contributed by atoms with Gasteiger partial charge in [0.1, 0.15) is 5.82 Å². The predicted octanol–water partition coefficient (Wildman–Crippen LogP) is 2.37. The fourth-order valence-corrected chi connectivity index (χ4v) is 1.51. The van der Waals surface area contributed by atoms with E-state index in [4.69, 9.17) is 11.5 Å². The van der Waals surface area contributed by atoms with Gasteiger partial charge in [-0.25, -0.2) is 4.98 Å². The van der Waals surface area contributed by atoms with Crippen LogP contribution in [0.4, 0.5) is 23.0 Å². The lowest BCUT2D eigenvalue weighted by Crippen LogP contribution is -2.22. The van der Waals surface area contributed by atoms with Crippen molar-refractivity contribution in [2.45, 2.75) is 6.92 Å². The standard InChI is InChI=1S/C13H16N6O.C3H8S/c14-8-12(20)16-11-7-6-10(13(15)17-11)19-18-9-4-2-1-3-5-9;1-3-4-2/h1-7,18-19H,8,14H2,(H3,15,16,17,20);3H2,1-2H3. The molecule has 7 nitrogen and oxygen atoms in total. The fourth-order valence-electron chi connectivity index (χ4n) is 1.51. The molecule has 1 amide bonds. The summed E-state index contributed by atoms with van der Waals surface area (Å²) >= 11 is 1.86. The summed E-state index contributed by atoms with van der Waals surface area (Å²) in [7, 11) is 0. The fraction of sp³-hybridized carbons (Fsp3) is 0.250. The topological polar surface area (TPSA) is 118 Å². The van der Waals surface area contributed by atoms with E-state index in [1.54, 1.807) is 12.1 Å². The Hall–Kier alpha value is -2.45. The number of nitrogens with zero attached hydrogens (tertiary/aromatic N) is 1. The van der Waals surface area contributed by atoms with Gasteiger partial charge in [-0.2, -0.15) is 11.8 Å². The molecule has 0 saturated heterocycles. The molecule has 0 aliphatic heterocycles. The molecule has 24 heavy (non-hydrogen) atoms. The van der Waals surface area contributed by atoms with E-state index in [9.17, 15) is 4.79 Å². The maximum atomic E-state index is 11.1. The van der Waals surface area contributed by atoms with Gasteiger partial charge in [-0.05, 0) is 36.3 Å². The first-order valence-corrected chi connectivity index (χ1v) is 8.82. The maximum Gasteiger partial charge on any atom is 0.239 e. The first-order chi connectivity index (χ1) is 11.6. The van der Waals surface area contributed by atoms with Gasteiger partial charge in [0.05, 0.1) is 17.9 Å². The van der Waals surface area contributed by atoms with Crippen LogP contribution in [0, 0.1) is 0 Å². The van der Waals surface area contributed by atoms with Crippen molar-refractivity contribution < 1.29 is 4.79 Å². The summed E-state index contributed by atoms with van der Waals surface area (Å²) in [5.41, 5.74) is 18.5. The van der Waals surface area contributed by atoms with Crippen LogP contribution in [0.2, 0.25) is 0 Å². The smallest absolute Gasteiger partial charge is 0.239 e. The molecule has 130 valence electrons. The molecule has 0 spiro atoms. The van der Waals surface area contributed by atoms with Crippen LogP contribution in [0.3, 0.4) is 0 Å². The third-order valence-corrected chi connectivity index (χ3v) is 3.36. The second-order valence-electron chi connectivity index (χ2n) is 4.57. The largest absolute Gasteiger partial charge is 0.382 e. The lowest BCUT2D eigenvalue weighted by molar-refractivity contribution is -0.114. The summed E-state index contributed by atoms with van der Waals surface area (Å²) in [5.74, 6) is 1.55. The summed E-state index contributed by atoms with van der Waals surface area (Å²) < 4.78 is 0. The van der Waals surface area contributed by atoms with E-state index >= 15 is 0 Å². The van der Waals surface area contributed by atoms with Crippen LogP contribution in [0.1, 0.15) is 6.92 Å². The van der Waals surface area contributed by atoms with Crippen LogP contribution in [0.15, 0.2) is 42.5 Å². The Balaban J connectivity index is 0.000000648. The van der Waals surface area contributed by atoms with Crippen molar-refractivity contribution in [2.75, 3.05) is 40.5 Å². The van der Waals surface area contributed by atoms with Crippen LogP contribution in [0.5, 0.6) is 0 Å². The Bertz CT molecular complexity index is 621. The highest BCUT2D eigenvalue weighted by atomic mass is 32.2. The van der Waals surface area contributed by atoms with Crippen LogP contribution >= 0.6 is 11.8 Å². The number of aromatic nitrogens is 1. The molecular weight excluding hydrogens is 324 g/mol. The van der Waals surface area contributed by atoms with Gasteiger partial charge in [0.15, 0.2) is 5.82 Å². The van der Waals surface area contributed by atoms with Crippen LogP contribution < -0.4 is 27.6 Å². The molecule has 0 unspecified atom stereocenters. The van der Waals surface area contributed by atoms with Crippen molar-refractivity contribution in [3.05, 3.63) is 42.5 Å². The molecule has 1 aromatic carbocycles. The molecule has 0 saturated carbocycles. The minimum absolute atomic E-state index is 0.100. The number of carbonyl (C=O) groups excluding carboxylic acids is 1. The zero-order chi connectivity index (χ0) is 17.8. The van der Waals surface area contributed by atoms with Gasteiger partial charge < -0.3 is 22.2 Å². The zero-order valence-corrected chi connectivity index (χ0v) is 14.7. The number of hydrazine groups is 1. The van der Waals surface area contributed by atoms with E-state index in [0.29, 0.717) is 11.5 Å². The molecule has 7 N–H and O–H groups in total. The van der Waals surface area contributed by atoms with E-state index in [0.717, 1.165) is 5.69 Å². The number of nitrogens with two attached hydrogens (primary N) is 2. The molecule has 1 heterocycles. The van der Waals surface area contributed by atoms with Crippen LogP contribution in [0.25, 0.3) is 0 Å². The predicted molar refractivity (Wildman–Crippen MR) is 104 cm³/mol. The van der Waals surface area contributed by atoms with Crippen molar-refractivity contribution in [1.82, 2.24) is 4.98 Å². The first-order valence-electron chi connectivity index (χ1n) is 7.43. The zero-order valence-electron chi connectivity index (χ0n) is 13.9. The highest BCUT2D eigenvalue weighted by Gasteiger charge is 2.04. The van der Waals surface area contributed by atoms with Gasteiger partial charge in [0.2, 0.25) is 5.91 Å². The number of amides is 1. The lowest BCUT2D eigenvalue weighted by Gasteiger charge is -2.12. The quantitative estimate of drug-likeness (QED) is 0.509. The highest BCUT2D eigenvalue weighted by molar-refractivity contribution is 7.98. The molecule has 2 rings (SSSR count). The Morgan fingerprint density at radius 2 is 1.83 bits per heavy atom. The number of hydrogen-bond acceptors (Lipinski definition) is 7. The monoisotopic (exact) mass is 348 g/mol. The number of para-hydroxylation sites is 1. The number of pyridine rings is 1. The van der Waals surface area contributed by atoms with Gasteiger partial charge in [-0.15, -0.1) is 0 Å². The number of carbonyl (C=O) groups is 1. The molecule has 0 aliphatic carbocycles. The lowest BCUT2D eigenvalue weighted by atomic mass is 10.3.